The standard InChI is InChI=1S/C14H17F3N2O3/c1-18-10-4-9(14(15,16)17)5-11(6-10)19-3-2-12(7-19)22-8-13(20)21/h4-6,12,18H,2-3,7-8H2,1H3,(H,20,21). The van der Waals surface area contributed by atoms with Gasteiger partial charge in [0.15, 0.2) is 0 Å². The van der Waals surface area contributed by atoms with Crippen LogP contribution < -0.4 is 10.2 Å². The molecule has 1 aliphatic rings. The van der Waals surface area contributed by atoms with E-state index in [9.17, 15) is 18.0 Å². The van der Waals surface area contributed by atoms with Gasteiger partial charge in [-0.3, -0.25) is 0 Å². The monoisotopic (exact) mass is 318 g/mol. The van der Waals surface area contributed by atoms with Crippen molar-refractivity contribution in [3.8, 4) is 0 Å². The molecule has 8 heteroatoms. The third-order valence-electron chi connectivity index (χ3n) is 3.49. The number of hydrogen-bond acceptors (Lipinski definition) is 4. The molecule has 1 unspecified atom stereocenters. The summed E-state index contributed by atoms with van der Waals surface area (Å²) in [5.74, 6) is -1.06. The minimum absolute atomic E-state index is 0.288. The summed E-state index contributed by atoms with van der Waals surface area (Å²) in [5.41, 5.74) is 0.101. The molecule has 122 valence electrons. The van der Waals surface area contributed by atoms with Crippen LogP contribution in [0.4, 0.5) is 24.5 Å². The number of aliphatic carboxylic acids is 1. The fraction of sp³-hybridized carbons (Fsp3) is 0.500. The van der Waals surface area contributed by atoms with Gasteiger partial charge in [-0.2, -0.15) is 13.2 Å². The van der Waals surface area contributed by atoms with Gasteiger partial charge in [-0.15, -0.1) is 0 Å². The maximum absolute atomic E-state index is 12.9. The lowest BCUT2D eigenvalue weighted by molar-refractivity contribution is -0.144. The summed E-state index contributed by atoms with van der Waals surface area (Å²) in [4.78, 5) is 12.2. The Kier molecular flexibility index (Phi) is 4.80. The molecule has 1 fully saturated rings. The maximum atomic E-state index is 12.9. The molecule has 1 saturated heterocycles. The zero-order chi connectivity index (χ0) is 16.3. The van der Waals surface area contributed by atoms with Crippen LogP contribution in [0.5, 0.6) is 0 Å². The minimum Gasteiger partial charge on any atom is -0.480 e. The van der Waals surface area contributed by atoms with Crippen molar-refractivity contribution in [2.24, 2.45) is 0 Å². The first kappa shape index (κ1) is 16.4. The number of halogens is 3. The predicted octanol–water partition coefficient (Wildman–Crippen LogP) is 2.43. The van der Waals surface area contributed by atoms with Crippen LogP contribution in [-0.2, 0) is 15.7 Å². The molecule has 22 heavy (non-hydrogen) atoms. The molecule has 1 aromatic rings. The van der Waals surface area contributed by atoms with Crippen LogP contribution in [0.15, 0.2) is 18.2 Å². The van der Waals surface area contributed by atoms with Crippen LogP contribution in [0.1, 0.15) is 12.0 Å². The van der Waals surface area contributed by atoms with E-state index in [2.05, 4.69) is 5.32 Å². The van der Waals surface area contributed by atoms with Crippen LogP contribution in [0.25, 0.3) is 0 Å². The van der Waals surface area contributed by atoms with Crippen molar-refractivity contribution in [2.75, 3.05) is 37.0 Å². The molecule has 0 bridgehead atoms. The number of anilines is 2. The van der Waals surface area contributed by atoms with Gasteiger partial charge in [0.05, 0.1) is 11.7 Å². The van der Waals surface area contributed by atoms with E-state index < -0.39 is 24.3 Å². The van der Waals surface area contributed by atoms with E-state index >= 15 is 0 Å². The first-order valence-electron chi connectivity index (χ1n) is 6.78. The average molecular weight is 318 g/mol. The Morgan fingerprint density at radius 3 is 2.77 bits per heavy atom. The van der Waals surface area contributed by atoms with Gasteiger partial charge >= 0.3 is 12.1 Å². The highest BCUT2D eigenvalue weighted by Gasteiger charge is 2.32. The lowest BCUT2D eigenvalue weighted by Crippen LogP contribution is -2.25. The number of ether oxygens (including phenoxy) is 1. The molecule has 0 aliphatic carbocycles. The molecule has 1 aliphatic heterocycles. The number of carboxylic acid groups (broad SMARTS) is 1. The number of benzene rings is 1. The van der Waals surface area contributed by atoms with E-state index in [1.165, 1.54) is 0 Å². The third-order valence-corrected chi connectivity index (χ3v) is 3.49. The van der Waals surface area contributed by atoms with E-state index in [-0.39, 0.29) is 6.10 Å². The van der Waals surface area contributed by atoms with Crippen molar-refractivity contribution in [2.45, 2.75) is 18.7 Å². The molecule has 0 amide bonds. The Labute approximate surface area is 125 Å². The first-order chi connectivity index (χ1) is 10.3. The van der Waals surface area contributed by atoms with Gasteiger partial charge in [0.25, 0.3) is 0 Å². The number of nitrogens with zero attached hydrogens (tertiary/aromatic N) is 1. The molecule has 1 heterocycles. The smallest absolute Gasteiger partial charge is 0.416 e. The second-order valence-corrected chi connectivity index (χ2v) is 5.08. The zero-order valence-corrected chi connectivity index (χ0v) is 12.0. The van der Waals surface area contributed by atoms with E-state index in [0.29, 0.717) is 30.9 Å². The highest BCUT2D eigenvalue weighted by Crippen LogP contribution is 2.35. The Bertz CT molecular complexity index is 549. The van der Waals surface area contributed by atoms with E-state index in [1.807, 2.05) is 0 Å². The topological polar surface area (TPSA) is 61.8 Å². The van der Waals surface area contributed by atoms with Crippen LogP contribution in [0, 0.1) is 0 Å². The molecule has 5 nitrogen and oxygen atoms in total. The van der Waals surface area contributed by atoms with E-state index in [1.54, 1.807) is 18.0 Å². The largest absolute Gasteiger partial charge is 0.480 e. The van der Waals surface area contributed by atoms with Crippen molar-refractivity contribution in [1.29, 1.82) is 0 Å². The van der Waals surface area contributed by atoms with Gasteiger partial charge in [-0.25, -0.2) is 4.79 Å². The Hall–Kier alpha value is -1.96. The molecule has 1 atom stereocenters. The average Bonchev–Trinajstić information content (AvgIpc) is 2.92. The molecular formula is C14H17F3N2O3. The molecule has 0 radical (unpaired) electrons. The van der Waals surface area contributed by atoms with Crippen LogP contribution in [-0.4, -0.2) is 43.9 Å². The predicted molar refractivity (Wildman–Crippen MR) is 75.2 cm³/mol. The maximum Gasteiger partial charge on any atom is 0.416 e. The Morgan fingerprint density at radius 2 is 2.18 bits per heavy atom. The van der Waals surface area contributed by atoms with Gasteiger partial charge in [0, 0.05) is 31.5 Å². The molecule has 2 rings (SSSR count). The Morgan fingerprint density at radius 1 is 1.45 bits per heavy atom. The first-order valence-corrected chi connectivity index (χ1v) is 6.78. The van der Waals surface area contributed by atoms with E-state index in [4.69, 9.17) is 9.84 Å². The van der Waals surface area contributed by atoms with Crippen molar-refractivity contribution >= 4 is 17.3 Å². The third kappa shape index (κ3) is 4.03. The number of carbonyl (C=O) groups is 1. The molecule has 0 spiro atoms. The van der Waals surface area contributed by atoms with E-state index in [0.717, 1.165) is 12.1 Å². The van der Waals surface area contributed by atoms with Gasteiger partial charge in [0.1, 0.15) is 6.61 Å². The van der Waals surface area contributed by atoms with Crippen molar-refractivity contribution in [1.82, 2.24) is 0 Å². The fourth-order valence-electron chi connectivity index (χ4n) is 2.39. The number of nitrogens with one attached hydrogen (secondary N) is 1. The number of alkyl halides is 3. The molecule has 0 aromatic heterocycles. The summed E-state index contributed by atoms with van der Waals surface area (Å²) in [6, 6.07) is 3.78. The minimum atomic E-state index is -4.42. The molecule has 2 N–H and O–H groups in total. The second kappa shape index (κ2) is 6.43. The number of hydrogen-bond donors (Lipinski definition) is 2. The molecule has 0 saturated carbocycles. The fourth-order valence-corrected chi connectivity index (χ4v) is 2.39. The molecular weight excluding hydrogens is 301 g/mol. The van der Waals surface area contributed by atoms with Crippen molar-refractivity contribution in [3.63, 3.8) is 0 Å². The summed E-state index contributed by atoms with van der Waals surface area (Å²) in [7, 11) is 1.56. The summed E-state index contributed by atoms with van der Waals surface area (Å²) < 4.78 is 44.0. The van der Waals surface area contributed by atoms with Crippen molar-refractivity contribution < 1.29 is 27.8 Å². The lowest BCUT2D eigenvalue weighted by Gasteiger charge is -2.21. The highest BCUT2D eigenvalue weighted by atomic mass is 19.4. The summed E-state index contributed by atoms with van der Waals surface area (Å²) in [6.45, 7) is 0.495. The molecule has 1 aromatic carbocycles. The zero-order valence-electron chi connectivity index (χ0n) is 12.0. The Balaban J connectivity index is 2.14. The van der Waals surface area contributed by atoms with Crippen LogP contribution in [0.2, 0.25) is 0 Å². The number of carboxylic acids is 1. The summed E-state index contributed by atoms with van der Waals surface area (Å²) >= 11 is 0. The van der Waals surface area contributed by atoms with Crippen molar-refractivity contribution in [3.05, 3.63) is 23.8 Å². The van der Waals surface area contributed by atoms with Gasteiger partial charge < -0.3 is 20.1 Å². The summed E-state index contributed by atoms with van der Waals surface area (Å²) in [6.07, 6.45) is -4.12. The second-order valence-electron chi connectivity index (χ2n) is 5.08. The van der Waals surface area contributed by atoms with Crippen LogP contribution in [0.3, 0.4) is 0 Å². The normalized spacial score (nSPS) is 18.5. The number of rotatable bonds is 5. The quantitative estimate of drug-likeness (QED) is 0.873. The van der Waals surface area contributed by atoms with Gasteiger partial charge in [0.2, 0.25) is 0 Å². The van der Waals surface area contributed by atoms with Crippen LogP contribution >= 0.6 is 0 Å². The highest BCUT2D eigenvalue weighted by molar-refractivity contribution is 5.68. The lowest BCUT2D eigenvalue weighted by atomic mass is 10.1. The summed E-state index contributed by atoms with van der Waals surface area (Å²) in [5, 5.41) is 11.3. The van der Waals surface area contributed by atoms with Gasteiger partial charge in [-0.1, -0.05) is 0 Å². The SMILES string of the molecule is CNc1cc(N2CCC(OCC(=O)O)C2)cc(C(F)(F)F)c1. The van der Waals surface area contributed by atoms with Gasteiger partial charge in [-0.05, 0) is 24.6 Å².